The van der Waals surface area contributed by atoms with Crippen molar-refractivity contribution in [2.45, 2.75) is 27.2 Å². The molecule has 0 radical (unpaired) electrons. The Balaban J connectivity index is 2.46. The first-order valence-corrected chi connectivity index (χ1v) is 4.82. The molecule has 0 fully saturated rings. The quantitative estimate of drug-likeness (QED) is 0.689. The van der Waals surface area contributed by atoms with Crippen LogP contribution < -0.4 is 0 Å². The molecule has 0 aromatic carbocycles. The normalized spacial score (nSPS) is 12.2. The van der Waals surface area contributed by atoms with E-state index in [1.165, 1.54) is 0 Å². The van der Waals surface area contributed by atoms with Crippen LogP contribution in [0.2, 0.25) is 0 Å². The lowest BCUT2D eigenvalue weighted by Gasteiger charge is -2.17. The molecule has 0 unspecified atom stereocenters. The minimum absolute atomic E-state index is 0.256. The maximum atomic E-state index is 4.39. The van der Waals surface area contributed by atoms with E-state index >= 15 is 0 Å². The van der Waals surface area contributed by atoms with Gasteiger partial charge in [0.15, 0.2) is 0 Å². The van der Waals surface area contributed by atoms with E-state index in [4.69, 9.17) is 0 Å². The second kappa shape index (κ2) is 3.08. The highest BCUT2D eigenvalue weighted by Crippen LogP contribution is 2.19. The van der Waals surface area contributed by atoms with Crippen LogP contribution in [0.25, 0.3) is 5.52 Å². The van der Waals surface area contributed by atoms with Crippen LogP contribution in [0.5, 0.6) is 0 Å². The van der Waals surface area contributed by atoms with Crippen molar-refractivity contribution in [2.24, 2.45) is 5.41 Å². The molecule has 2 aromatic heterocycles. The van der Waals surface area contributed by atoms with Crippen molar-refractivity contribution >= 4 is 5.52 Å². The van der Waals surface area contributed by atoms with Crippen molar-refractivity contribution < 1.29 is 0 Å². The second-order valence-electron chi connectivity index (χ2n) is 4.79. The van der Waals surface area contributed by atoms with Gasteiger partial charge in [-0.15, -0.1) is 0 Å². The van der Waals surface area contributed by atoms with Crippen molar-refractivity contribution in [2.75, 3.05) is 0 Å². The Bertz CT molecular complexity index is 437. The number of hydrogen-bond acceptors (Lipinski definition) is 2. The zero-order chi connectivity index (χ0) is 10.2. The summed E-state index contributed by atoms with van der Waals surface area (Å²) in [6.45, 7) is 6.64. The van der Waals surface area contributed by atoms with Gasteiger partial charge in [0.05, 0.1) is 11.7 Å². The molecule has 0 aliphatic carbocycles. The molecule has 2 aromatic rings. The summed E-state index contributed by atoms with van der Waals surface area (Å²) in [4.78, 5) is 8.50. The number of aromatic nitrogens is 3. The Kier molecular flexibility index (Phi) is 2.02. The third-order valence-corrected chi connectivity index (χ3v) is 2.10. The van der Waals surface area contributed by atoms with E-state index in [2.05, 4.69) is 30.7 Å². The van der Waals surface area contributed by atoms with Gasteiger partial charge in [0.2, 0.25) is 0 Å². The number of nitrogens with zero attached hydrogens (tertiary/aromatic N) is 3. The average molecular weight is 189 g/mol. The summed E-state index contributed by atoms with van der Waals surface area (Å²) in [5.41, 5.74) is 1.37. The summed E-state index contributed by atoms with van der Waals surface area (Å²) in [6.07, 6.45) is 6.48. The third-order valence-electron chi connectivity index (χ3n) is 2.10. The minimum Gasteiger partial charge on any atom is -0.287 e. The molecule has 2 rings (SSSR count). The van der Waals surface area contributed by atoms with Gasteiger partial charge in [-0.3, -0.25) is 4.40 Å². The van der Waals surface area contributed by atoms with Gasteiger partial charge in [-0.25, -0.2) is 9.97 Å². The molecule has 3 heteroatoms. The number of fused-ring (bicyclic) bond motifs is 1. The van der Waals surface area contributed by atoms with Gasteiger partial charge in [0.25, 0.3) is 0 Å². The molecular formula is C11H15N3. The summed E-state index contributed by atoms with van der Waals surface area (Å²) < 4.78 is 2.05. The zero-order valence-corrected chi connectivity index (χ0v) is 8.86. The monoisotopic (exact) mass is 189 g/mol. The van der Waals surface area contributed by atoms with Crippen LogP contribution >= 0.6 is 0 Å². The fraction of sp³-hybridized carbons (Fsp3) is 0.455. The lowest BCUT2D eigenvalue weighted by molar-refractivity contribution is 0.398. The lowest BCUT2D eigenvalue weighted by atomic mass is 9.92. The van der Waals surface area contributed by atoms with Crippen LogP contribution in [-0.4, -0.2) is 14.4 Å². The molecule has 2 heterocycles. The highest BCUT2D eigenvalue weighted by atomic mass is 15.0. The SMILES string of the molecule is CC(C)(C)Cc1nccc2cncn12. The van der Waals surface area contributed by atoms with Crippen molar-refractivity contribution in [3.05, 3.63) is 30.6 Å². The molecule has 0 spiro atoms. The van der Waals surface area contributed by atoms with E-state index in [9.17, 15) is 0 Å². The standard InChI is InChI=1S/C11H15N3/c1-11(2,3)6-10-13-5-4-9-7-12-8-14(9)10/h4-5,7-8H,6H2,1-3H3. The van der Waals surface area contributed by atoms with Crippen molar-refractivity contribution in [3.8, 4) is 0 Å². The predicted molar refractivity (Wildman–Crippen MR) is 56.1 cm³/mol. The molecular weight excluding hydrogens is 174 g/mol. The predicted octanol–water partition coefficient (Wildman–Crippen LogP) is 2.32. The first-order chi connectivity index (χ1) is 6.56. The number of rotatable bonds is 1. The fourth-order valence-electron chi connectivity index (χ4n) is 1.51. The maximum Gasteiger partial charge on any atom is 0.114 e. The summed E-state index contributed by atoms with van der Waals surface area (Å²) in [7, 11) is 0. The lowest BCUT2D eigenvalue weighted by Crippen LogP contribution is -2.13. The molecule has 0 amide bonds. The van der Waals surface area contributed by atoms with E-state index < -0.39 is 0 Å². The summed E-state index contributed by atoms with van der Waals surface area (Å²) in [5, 5.41) is 0. The van der Waals surface area contributed by atoms with Crippen LogP contribution in [0.15, 0.2) is 24.8 Å². The second-order valence-corrected chi connectivity index (χ2v) is 4.79. The molecule has 0 saturated carbocycles. The molecule has 3 nitrogen and oxygen atoms in total. The summed E-state index contributed by atoms with van der Waals surface area (Å²) >= 11 is 0. The van der Waals surface area contributed by atoms with Crippen LogP contribution in [0.4, 0.5) is 0 Å². The van der Waals surface area contributed by atoms with Crippen LogP contribution in [0.3, 0.4) is 0 Å². The average Bonchev–Trinajstić information content (AvgIpc) is 2.49. The third kappa shape index (κ3) is 1.76. The highest BCUT2D eigenvalue weighted by Gasteiger charge is 2.14. The maximum absolute atomic E-state index is 4.39. The van der Waals surface area contributed by atoms with Gasteiger partial charge in [-0.05, 0) is 11.5 Å². The highest BCUT2D eigenvalue weighted by molar-refractivity contribution is 5.43. The topological polar surface area (TPSA) is 30.2 Å². The Labute approximate surface area is 83.8 Å². The Hall–Kier alpha value is -1.38. The molecule has 14 heavy (non-hydrogen) atoms. The zero-order valence-electron chi connectivity index (χ0n) is 8.86. The summed E-state index contributed by atoms with van der Waals surface area (Å²) in [6, 6.07) is 1.97. The Morgan fingerprint density at radius 2 is 2.14 bits per heavy atom. The van der Waals surface area contributed by atoms with Crippen LogP contribution in [0.1, 0.15) is 26.6 Å². The fourth-order valence-corrected chi connectivity index (χ4v) is 1.51. The van der Waals surface area contributed by atoms with E-state index in [1.54, 1.807) is 0 Å². The van der Waals surface area contributed by atoms with Gasteiger partial charge < -0.3 is 0 Å². The molecule has 0 aliphatic rings. The number of hydrogen-bond donors (Lipinski definition) is 0. The van der Waals surface area contributed by atoms with Crippen LogP contribution in [0, 0.1) is 5.41 Å². The molecule has 0 saturated heterocycles. The largest absolute Gasteiger partial charge is 0.287 e. The van der Waals surface area contributed by atoms with Crippen LogP contribution in [-0.2, 0) is 6.42 Å². The Morgan fingerprint density at radius 3 is 2.86 bits per heavy atom. The van der Waals surface area contributed by atoms with E-state index in [1.807, 2.05) is 29.2 Å². The van der Waals surface area contributed by atoms with Gasteiger partial charge >= 0.3 is 0 Å². The van der Waals surface area contributed by atoms with Gasteiger partial charge in [-0.2, -0.15) is 0 Å². The molecule has 0 bridgehead atoms. The van der Waals surface area contributed by atoms with Gasteiger partial charge in [0, 0.05) is 12.6 Å². The van der Waals surface area contributed by atoms with Gasteiger partial charge in [-0.1, -0.05) is 20.8 Å². The van der Waals surface area contributed by atoms with Gasteiger partial charge in [0.1, 0.15) is 12.2 Å². The van der Waals surface area contributed by atoms with Crippen molar-refractivity contribution in [1.82, 2.24) is 14.4 Å². The molecule has 0 atom stereocenters. The molecule has 0 aliphatic heterocycles. The minimum atomic E-state index is 0.256. The van der Waals surface area contributed by atoms with Crippen molar-refractivity contribution in [3.63, 3.8) is 0 Å². The Morgan fingerprint density at radius 1 is 1.36 bits per heavy atom. The van der Waals surface area contributed by atoms with E-state index in [0.29, 0.717) is 0 Å². The first kappa shape index (κ1) is 9.19. The molecule has 74 valence electrons. The van der Waals surface area contributed by atoms with Crippen molar-refractivity contribution in [1.29, 1.82) is 0 Å². The first-order valence-electron chi connectivity index (χ1n) is 4.82. The smallest absolute Gasteiger partial charge is 0.114 e. The molecule has 0 N–H and O–H groups in total. The number of imidazole rings is 1. The summed E-state index contributed by atoms with van der Waals surface area (Å²) in [5.74, 6) is 1.08. The van der Waals surface area contributed by atoms with E-state index in [0.717, 1.165) is 17.8 Å². The van der Waals surface area contributed by atoms with E-state index in [-0.39, 0.29) is 5.41 Å².